The molecular formula is C57H91NO16. The Morgan fingerprint density at radius 3 is 2.20 bits per heavy atom. The van der Waals surface area contributed by atoms with Crippen LogP contribution in [-0.2, 0) is 61.9 Å². The number of rotatable bonds is 15. The molecule has 0 aromatic carbocycles. The van der Waals surface area contributed by atoms with Gasteiger partial charge in [-0.05, 0) is 107 Å². The molecule has 3 heterocycles. The monoisotopic (exact) mass is 1050 g/mol. The molecule has 15 atom stereocenters. The smallest absolute Gasteiger partial charge is 0.329 e. The quantitative estimate of drug-likeness (QED) is 0.0716. The van der Waals surface area contributed by atoms with Crippen molar-refractivity contribution in [3.8, 4) is 0 Å². The second-order valence-corrected chi connectivity index (χ2v) is 21.4. The van der Waals surface area contributed by atoms with E-state index in [0.717, 1.165) is 12.0 Å². The number of carbonyl (C=O) groups excluding carboxylic acids is 5. The largest absolute Gasteiger partial charge is 0.460 e. The summed E-state index contributed by atoms with van der Waals surface area (Å²) in [6, 6.07) is -1.15. The molecule has 0 aromatic heterocycles. The molecule has 2 saturated heterocycles. The number of fused-ring (bicyclic) bond motifs is 3. The minimum atomic E-state index is -2.44. The maximum atomic E-state index is 14.6. The fourth-order valence-corrected chi connectivity index (χ4v) is 10.9. The first-order valence-corrected chi connectivity index (χ1v) is 27.2. The third-order valence-corrected chi connectivity index (χ3v) is 15.6. The van der Waals surface area contributed by atoms with E-state index < -0.39 is 77.8 Å². The molecule has 2 bridgehead atoms. The number of ketones is 3. The van der Waals surface area contributed by atoms with E-state index in [2.05, 4.69) is 0 Å². The molecule has 0 unspecified atom stereocenters. The van der Waals surface area contributed by atoms with Gasteiger partial charge in [-0.15, -0.1) is 0 Å². The highest BCUT2D eigenvalue weighted by Crippen LogP contribution is 2.38. The van der Waals surface area contributed by atoms with E-state index in [-0.39, 0.29) is 74.1 Å². The average molecular weight is 1050 g/mol. The van der Waals surface area contributed by atoms with Crippen LogP contribution in [-0.4, -0.2) is 172 Å². The first-order valence-electron chi connectivity index (χ1n) is 27.2. The molecule has 17 heteroatoms. The van der Waals surface area contributed by atoms with Gasteiger partial charge in [0.15, 0.2) is 5.78 Å². The summed E-state index contributed by atoms with van der Waals surface area (Å²) in [5.74, 6) is -8.03. The Labute approximate surface area is 440 Å². The molecule has 420 valence electrons. The van der Waals surface area contributed by atoms with Crippen LogP contribution in [0.4, 0.5) is 0 Å². The van der Waals surface area contributed by atoms with Crippen LogP contribution in [0.5, 0.6) is 0 Å². The Hall–Kier alpha value is -3.49. The Bertz CT molecular complexity index is 1920. The minimum Gasteiger partial charge on any atom is -0.460 e. The zero-order valence-corrected chi connectivity index (χ0v) is 46.1. The molecule has 3 fully saturated rings. The lowest BCUT2D eigenvalue weighted by Gasteiger charge is -2.42. The van der Waals surface area contributed by atoms with E-state index in [0.29, 0.717) is 89.8 Å². The van der Waals surface area contributed by atoms with Gasteiger partial charge in [0.1, 0.15) is 30.1 Å². The normalized spacial score (nSPS) is 35.8. The number of methoxy groups -OCH3 is 3. The number of allylic oxidation sites excluding steroid dienone is 6. The number of ether oxygens (including phenoxy) is 8. The van der Waals surface area contributed by atoms with Gasteiger partial charge in [0.05, 0.1) is 64.1 Å². The molecule has 3 N–H and O–H groups in total. The van der Waals surface area contributed by atoms with Gasteiger partial charge < -0.3 is 58.1 Å². The summed E-state index contributed by atoms with van der Waals surface area (Å²) in [5.41, 5.74) is 1.26. The lowest BCUT2D eigenvalue weighted by molar-refractivity contribution is -0.265. The third kappa shape index (κ3) is 18.3. The van der Waals surface area contributed by atoms with Crippen LogP contribution in [0.15, 0.2) is 47.6 Å². The topological polar surface area (TPSA) is 223 Å². The van der Waals surface area contributed by atoms with Gasteiger partial charge in [0, 0.05) is 58.5 Å². The van der Waals surface area contributed by atoms with E-state index in [1.165, 1.54) is 12.0 Å². The first-order chi connectivity index (χ1) is 35.3. The van der Waals surface area contributed by atoms with Crippen LogP contribution >= 0.6 is 0 Å². The standard InChI is InChI=1S/C57H91NO16/c1-36-16-12-11-13-17-37(2)48(67-8)34-44-21-19-42(7)57(66,74-44)54(63)55(64)58-23-15-14-18-45(58)56(65)73-49(35-46(60)38(3)31-41(6)52(62)53(69-10)51(61)40(5)30-36)39(4)32-43-20-22-47(50(33-43)68-9)72-29-28-71-27-26-70-25-24-59/h11-13,16-17,31,36,38-40,42-45,47-50,52-53,59,62,66H,14-15,18-30,32-35H2,1-10H3/b13-11?,16-12+,37-17?,41-31+/t36-,38-,39-,40-,42-,43+,44+,45+,47-,48+,49+,50-,52-,53+,57-/m1/s1. The summed E-state index contributed by atoms with van der Waals surface area (Å²) in [7, 11) is 4.61. The number of hydrogen-bond donors (Lipinski definition) is 3. The molecule has 1 aliphatic carbocycles. The number of amides is 1. The third-order valence-electron chi connectivity index (χ3n) is 15.6. The molecule has 1 amide bonds. The number of aliphatic hydroxyl groups excluding tert-OH is 2. The second kappa shape index (κ2) is 31.7. The minimum absolute atomic E-state index is 0.0105. The maximum absolute atomic E-state index is 14.6. The molecule has 0 radical (unpaired) electrons. The predicted molar refractivity (Wildman–Crippen MR) is 278 cm³/mol. The van der Waals surface area contributed by atoms with E-state index in [1.54, 1.807) is 41.1 Å². The summed E-state index contributed by atoms with van der Waals surface area (Å²) >= 11 is 0. The summed E-state index contributed by atoms with van der Waals surface area (Å²) in [6.45, 7) is 14.5. The van der Waals surface area contributed by atoms with Gasteiger partial charge >= 0.3 is 5.97 Å². The number of aliphatic hydroxyl groups is 3. The van der Waals surface area contributed by atoms with Gasteiger partial charge in [-0.1, -0.05) is 71.1 Å². The van der Waals surface area contributed by atoms with E-state index in [1.807, 2.05) is 58.1 Å². The van der Waals surface area contributed by atoms with Crippen LogP contribution < -0.4 is 0 Å². The van der Waals surface area contributed by atoms with Crippen molar-refractivity contribution in [2.24, 2.45) is 35.5 Å². The van der Waals surface area contributed by atoms with Crippen molar-refractivity contribution in [3.05, 3.63) is 47.6 Å². The van der Waals surface area contributed by atoms with Crippen molar-refractivity contribution in [1.29, 1.82) is 0 Å². The summed E-state index contributed by atoms with van der Waals surface area (Å²) in [5, 5.41) is 32.4. The number of hydrogen-bond acceptors (Lipinski definition) is 16. The molecule has 0 spiro atoms. The summed E-state index contributed by atoms with van der Waals surface area (Å²) < 4.78 is 46.9. The molecular weight excluding hydrogens is 955 g/mol. The van der Waals surface area contributed by atoms with Crippen LogP contribution in [0.2, 0.25) is 0 Å². The first kappa shape index (κ1) is 63.0. The number of cyclic esters (lactones) is 1. The Morgan fingerprint density at radius 1 is 0.797 bits per heavy atom. The van der Waals surface area contributed by atoms with E-state index in [9.17, 15) is 34.2 Å². The van der Waals surface area contributed by atoms with Crippen LogP contribution in [0.25, 0.3) is 0 Å². The highest BCUT2D eigenvalue weighted by molar-refractivity contribution is 6.39. The Morgan fingerprint density at radius 2 is 1.51 bits per heavy atom. The van der Waals surface area contributed by atoms with Crippen LogP contribution in [0.3, 0.4) is 0 Å². The number of Topliss-reactive ketones (excluding diaryl/α,β-unsaturated/α-hetero) is 3. The van der Waals surface area contributed by atoms with Crippen molar-refractivity contribution >= 4 is 29.2 Å². The Balaban J connectivity index is 1.63. The fourth-order valence-electron chi connectivity index (χ4n) is 10.9. The number of nitrogens with zero attached hydrogens (tertiary/aromatic N) is 1. The SMILES string of the molecule is CO[C@H]1C[C@@H]2CC[C@@H](C)[C@@](O)(O2)C(=O)C(=O)N2CCCC[C@H]2C(=O)O[C@H]([C@H](C)C[C@@H]2CC[C@@H](OCCOCCOCCO)[C@H](OC)C2)CC(=O)[C@H](C)/C=C(\C)[C@@H](O)[C@@H](OC)C(=O)[C@H](C)C[C@H](C)/C=C/C=CC=C1C. The average Bonchev–Trinajstić information content (AvgIpc) is 3.38. The van der Waals surface area contributed by atoms with Gasteiger partial charge in [-0.25, -0.2) is 4.79 Å². The molecule has 1 saturated carbocycles. The second-order valence-electron chi connectivity index (χ2n) is 21.4. The number of esters is 1. The van der Waals surface area contributed by atoms with Gasteiger partial charge in [0.25, 0.3) is 11.7 Å². The number of piperidine rings is 1. The van der Waals surface area contributed by atoms with Gasteiger partial charge in [-0.2, -0.15) is 0 Å². The van der Waals surface area contributed by atoms with Crippen molar-refractivity contribution in [2.45, 2.75) is 180 Å². The highest BCUT2D eigenvalue weighted by Gasteiger charge is 2.53. The molecule has 4 aliphatic rings. The van der Waals surface area contributed by atoms with Crippen molar-refractivity contribution < 1.29 is 77.2 Å². The molecule has 3 aliphatic heterocycles. The molecule has 74 heavy (non-hydrogen) atoms. The molecule has 4 rings (SSSR count). The lowest BCUT2D eigenvalue weighted by Crippen LogP contribution is -2.61. The lowest BCUT2D eigenvalue weighted by atomic mass is 9.78. The van der Waals surface area contributed by atoms with E-state index >= 15 is 0 Å². The molecule has 17 nitrogen and oxygen atoms in total. The van der Waals surface area contributed by atoms with Crippen LogP contribution in [0.1, 0.15) is 126 Å². The number of carbonyl (C=O) groups is 5. The Kier molecular flexibility index (Phi) is 27.0. The molecule has 0 aromatic rings. The fraction of sp³-hybridized carbons (Fsp3) is 0.772. The van der Waals surface area contributed by atoms with Crippen LogP contribution in [0, 0.1) is 35.5 Å². The zero-order valence-electron chi connectivity index (χ0n) is 46.1. The van der Waals surface area contributed by atoms with Crippen molar-refractivity contribution in [2.75, 3.05) is 67.5 Å². The van der Waals surface area contributed by atoms with Gasteiger partial charge in [0.2, 0.25) is 5.79 Å². The zero-order chi connectivity index (χ0) is 54.5. The van der Waals surface area contributed by atoms with Crippen molar-refractivity contribution in [1.82, 2.24) is 4.90 Å². The van der Waals surface area contributed by atoms with E-state index in [4.69, 9.17) is 43.0 Å². The van der Waals surface area contributed by atoms with Gasteiger partial charge in [-0.3, -0.25) is 19.2 Å². The predicted octanol–water partition coefficient (Wildman–Crippen LogP) is 6.23. The van der Waals surface area contributed by atoms with Crippen molar-refractivity contribution in [3.63, 3.8) is 0 Å². The summed E-state index contributed by atoms with van der Waals surface area (Å²) in [6.07, 6.45) is 12.0. The highest BCUT2D eigenvalue weighted by atomic mass is 16.6. The maximum Gasteiger partial charge on any atom is 0.329 e. The summed E-state index contributed by atoms with van der Waals surface area (Å²) in [4.78, 5) is 72.5.